The van der Waals surface area contributed by atoms with Gasteiger partial charge in [0.2, 0.25) is 0 Å². The van der Waals surface area contributed by atoms with Gasteiger partial charge in [0.05, 0.1) is 36.9 Å². The molecule has 0 aliphatic carbocycles. The fraction of sp³-hybridized carbons (Fsp3) is 0.469. The normalized spacial score (nSPS) is 20.4. The number of nitrogens with zero attached hydrogens (tertiary/aromatic N) is 4. The number of fused-ring (bicyclic) bond motifs is 3. The third-order valence-electron chi connectivity index (χ3n) is 12.6. The smallest absolute Gasteiger partial charge is 0.410 e. The van der Waals surface area contributed by atoms with Crippen molar-refractivity contribution in [2.45, 2.75) is 115 Å². The molecule has 3 atom stereocenters. The first-order valence-corrected chi connectivity index (χ1v) is 24.0. The molecule has 1 unspecified atom stereocenters. The second-order valence-electron chi connectivity index (χ2n) is 19.5. The molecule has 2 fully saturated rings. The van der Waals surface area contributed by atoms with E-state index in [-0.39, 0.29) is 23.5 Å². The van der Waals surface area contributed by atoms with Crippen LogP contribution in [0.1, 0.15) is 96.7 Å². The highest BCUT2D eigenvalue weighted by molar-refractivity contribution is 6.99. The van der Waals surface area contributed by atoms with Crippen LogP contribution in [0.4, 0.5) is 28.0 Å². The summed E-state index contributed by atoms with van der Waals surface area (Å²) in [7, 11) is -3.35. The standard InChI is InChI=1S/C49H59F4N5O4Si/c1-32-24-38-37(21-22-42-39(38)27-54-58(42)43-20-14-15-23-60-43)45(44-40(50)25-33(26-41(44)51)55-34-28-56(29-34)46(59)62-47(2,3)4)57(32)30-49(52,53)31-61-63(48(5,6)7,35-16-10-8-11-17-35)36-18-12-9-13-19-36/h8-13,16-19,21-22,25-27,32,34,43,45,55H,14-15,20,23-24,28-31H2,1-7H3/t32-,43?,45+/m1/s1. The summed E-state index contributed by atoms with van der Waals surface area (Å²) in [5, 5.41) is 9.88. The molecule has 1 amide bonds. The molecule has 3 aliphatic rings. The van der Waals surface area contributed by atoms with Crippen LogP contribution in [-0.4, -0.2) is 90.4 Å². The molecule has 14 heteroatoms. The zero-order valence-electron chi connectivity index (χ0n) is 37.3. The molecule has 0 spiro atoms. The van der Waals surface area contributed by atoms with Gasteiger partial charge in [-0.05, 0) is 98.1 Å². The van der Waals surface area contributed by atoms with E-state index in [1.54, 1.807) is 27.0 Å². The van der Waals surface area contributed by atoms with Crippen molar-refractivity contribution in [1.29, 1.82) is 0 Å². The highest BCUT2D eigenvalue weighted by Gasteiger charge is 2.53. The van der Waals surface area contributed by atoms with Crippen LogP contribution in [0.25, 0.3) is 10.9 Å². The molecule has 0 bridgehead atoms. The number of benzene rings is 4. The Kier molecular flexibility index (Phi) is 12.3. The predicted octanol–water partition coefficient (Wildman–Crippen LogP) is 9.59. The van der Waals surface area contributed by atoms with Crippen LogP contribution in [0.3, 0.4) is 0 Å². The van der Waals surface area contributed by atoms with Crippen LogP contribution in [-0.2, 0) is 20.3 Å². The van der Waals surface area contributed by atoms with Crippen LogP contribution < -0.4 is 15.7 Å². The number of rotatable bonds is 11. The van der Waals surface area contributed by atoms with Crippen LogP contribution in [0.5, 0.6) is 0 Å². The quantitative estimate of drug-likeness (QED) is 0.105. The summed E-state index contributed by atoms with van der Waals surface area (Å²) in [6.45, 7) is 12.8. The summed E-state index contributed by atoms with van der Waals surface area (Å²) < 4.78 is 88.0. The highest BCUT2D eigenvalue weighted by Crippen LogP contribution is 2.45. The van der Waals surface area contributed by atoms with E-state index in [1.807, 2.05) is 105 Å². The zero-order chi connectivity index (χ0) is 44.9. The minimum atomic E-state index is -3.44. The third kappa shape index (κ3) is 9.01. The molecule has 0 radical (unpaired) electrons. The van der Waals surface area contributed by atoms with Gasteiger partial charge < -0.3 is 24.1 Å². The summed E-state index contributed by atoms with van der Waals surface area (Å²) >= 11 is 0. The molecule has 4 heterocycles. The Morgan fingerprint density at radius 2 is 1.54 bits per heavy atom. The number of alkyl halides is 2. The molecule has 63 heavy (non-hydrogen) atoms. The number of aromatic nitrogens is 2. The summed E-state index contributed by atoms with van der Waals surface area (Å²) in [6, 6.07) is 23.3. The lowest BCUT2D eigenvalue weighted by molar-refractivity contribution is -0.0822. The Bertz CT molecular complexity index is 2350. The highest BCUT2D eigenvalue weighted by atomic mass is 28.4. The van der Waals surface area contributed by atoms with Crippen LogP contribution in [0.15, 0.2) is 91.1 Å². The Morgan fingerprint density at radius 1 is 0.905 bits per heavy atom. The summed E-state index contributed by atoms with van der Waals surface area (Å²) in [6.07, 6.45) is 4.20. The van der Waals surface area contributed by atoms with E-state index in [0.29, 0.717) is 31.7 Å². The molecule has 336 valence electrons. The van der Waals surface area contributed by atoms with Crippen molar-refractivity contribution in [3.8, 4) is 0 Å². The lowest BCUT2D eigenvalue weighted by Gasteiger charge is -2.46. The average molecular weight is 886 g/mol. The summed E-state index contributed by atoms with van der Waals surface area (Å²) in [5.74, 6) is -5.17. The Labute approximate surface area is 368 Å². The Hall–Kier alpha value is -4.76. The molecule has 2 saturated heterocycles. The second kappa shape index (κ2) is 17.3. The van der Waals surface area contributed by atoms with E-state index in [4.69, 9.17) is 19.0 Å². The van der Waals surface area contributed by atoms with Crippen LogP contribution >= 0.6 is 0 Å². The predicted molar refractivity (Wildman–Crippen MR) is 240 cm³/mol. The van der Waals surface area contributed by atoms with Gasteiger partial charge in [-0.3, -0.25) is 4.90 Å². The van der Waals surface area contributed by atoms with Gasteiger partial charge >= 0.3 is 6.09 Å². The minimum Gasteiger partial charge on any atom is -0.444 e. The number of likely N-dealkylation sites (tertiary alicyclic amines) is 1. The van der Waals surface area contributed by atoms with Gasteiger partial charge in [0.15, 0.2) is 6.23 Å². The fourth-order valence-electron chi connectivity index (χ4n) is 9.74. The SMILES string of the molecule is C[C@@H]1Cc2c(ccc3c2cnn3C2CCCCO2)[C@@H](c2c(F)cc(NC3CN(C(=O)OC(C)(C)C)C3)cc2F)N1CC(F)(F)CO[Si](c1ccccc1)(c1ccccc1)C(C)(C)C. The van der Waals surface area contributed by atoms with Gasteiger partial charge in [0, 0.05) is 42.4 Å². The second-order valence-corrected chi connectivity index (χ2v) is 23.8. The average Bonchev–Trinajstić information content (AvgIpc) is 3.65. The molecule has 5 aromatic rings. The van der Waals surface area contributed by atoms with Gasteiger partial charge in [-0.15, -0.1) is 0 Å². The molecule has 0 saturated carbocycles. The minimum absolute atomic E-state index is 0.187. The van der Waals surface area contributed by atoms with Crippen molar-refractivity contribution in [2.75, 3.05) is 38.2 Å². The zero-order valence-corrected chi connectivity index (χ0v) is 38.3. The van der Waals surface area contributed by atoms with Gasteiger partial charge in [-0.2, -0.15) is 5.10 Å². The first-order valence-electron chi connectivity index (χ1n) is 22.1. The Balaban J connectivity index is 1.14. The van der Waals surface area contributed by atoms with Crippen molar-refractivity contribution in [1.82, 2.24) is 19.6 Å². The number of hydrogen-bond donors (Lipinski definition) is 1. The van der Waals surface area contributed by atoms with Gasteiger partial charge in [0.25, 0.3) is 14.2 Å². The first-order chi connectivity index (χ1) is 29.8. The number of amides is 1. The maximum atomic E-state index is 17.1. The van der Waals surface area contributed by atoms with Crippen molar-refractivity contribution >= 4 is 41.4 Å². The fourth-order valence-corrected chi connectivity index (χ4v) is 14.3. The third-order valence-corrected chi connectivity index (χ3v) is 17.6. The summed E-state index contributed by atoms with van der Waals surface area (Å²) in [4.78, 5) is 15.6. The molecule has 4 aromatic carbocycles. The van der Waals surface area contributed by atoms with E-state index in [9.17, 15) is 4.79 Å². The number of anilines is 1. The molecule has 8 rings (SSSR count). The molecular formula is C49H59F4N5O4Si. The maximum Gasteiger partial charge on any atom is 0.410 e. The van der Waals surface area contributed by atoms with E-state index >= 15 is 17.6 Å². The lowest BCUT2D eigenvalue weighted by atomic mass is 9.82. The maximum absolute atomic E-state index is 17.1. The largest absolute Gasteiger partial charge is 0.444 e. The van der Waals surface area contributed by atoms with Gasteiger partial charge in [-0.25, -0.2) is 27.0 Å². The number of ether oxygens (including phenoxy) is 2. The van der Waals surface area contributed by atoms with Crippen LogP contribution in [0, 0.1) is 11.6 Å². The van der Waals surface area contributed by atoms with E-state index in [0.717, 1.165) is 46.1 Å². The molecule has 1 N–H and O–H groups in total. The van der Waals surface area contributed by atoms with Crippen molar-refractivity contribution in [3.63, 3.8) is 0 Å². The lowest BCUT2D eigenvalue weighted by Crippen LogP contribution is -2.67. The van der Waals surface area contributed by atoms with E-state index < -0.39 is 67.8 Å². The van der Waals surface area contributed by atoms with Crippen molar-refractivity contribution in [3.05, 3.63) is 119 Å². The van der Waals surface area contributed by atoms with Crippen molar-refractivity contribution in [2.24, 2.45) is 0 Å². The summed E-state index contributed by atoms with van der Waals surface area (Å²) in [5.41, 5.74) is 1.39. The molecule has 9 nitrogen and oxygen atoms in total. The number of halogens is 4. The molecule has 3 aliphatic heterocycles. The molecule has 1 aromatic heterocycles. The Morgan fingerprint density at radius 3 is 2.11 bits per heavy atom. The number of carbonyl (C=O) groups excluding carboxylic acids is 1. The number of nitrogens with one attached hydrogen (secondary N) is 1. The van der Waals surface area contributed by atoms with E-state index in [1.165, 1.54) is 21.9 Å². The van der Waals surface area contributed by atoms with Crippen LogP contribution in [0.2, 0.25) is 5.04 Å². The van der Waals surface area contributed by atoms with Gasteiger partial charge in [-0.1, -0.05) is 87.5 Å². The first kappa shape index (κ1) is 44.8. The van der Waals surface area contributed by atoms with E-state index in [2.05, 4.69) is 5.32 Å². The van der Waals surface area contributed by atoms with Crippen molar-refractivity contribution < 1.29 is 36.3 Å². The topological polar surface area (TPSA) is 81.1 Å². The van der Waals surface area contributed by atoms with Gasteiger partial charge in [0.1, 0.15) is 17.2 Å². The monoisotopic (exact) mass is 885 g/mol. The number of hydrogen-bond acceptors (Lipinski definition) is 7. The molecular weight excluding hydrogens is 827 g/mol. The number of carbonyl (C=O) groups is 1.